The van der Waals surface area contributed by atoms with Gasteiger partial charge < -0.3 is 19.5 Å². The lowest BCUT2D eigenvalue weighted by Gasteiger charge is -2.16. The molecule has 1 heterocycles. The predicted octanol–water partition coefficient (Wildman–Crippen LogP) is 2.91. The molecule has 0 radical (unpaired) electrons. The third-order valence-corrected chi connectivity index (χ3v) is 3.60. The summed E-state index contributed by atoms with van der Waals surface area (Å²) in [7, 11) is 1.55. The van der Waals surface area contributed by atoms with Crippen LogP contribution in [0.3, 0.4) is 0 Å². The van der Waals surface area contributed by atoms with Gasteiger partial charge in [-0.3, -0.25) is 4.79 Å². The summed E-state index contributed by atoms with van der Waals surface area (Å²) in [5.41, 5.74) is 1.46. The number of nitrogens with one attached hydrogen (secondary N) is 1. The van der Waals surface area contributed by atoms with Gasteiger partial charge in [-0.25, -0.2) is 0 Å². The van der Waals surface area contributed by atoms with Crippen molar-refractivity contribution in [2.75, 3.05) is 13.9 Å². The van der Waals surface area contributed by atoms with Crippen LogP contribution in [0.1, 0.15) is 28.9 Å². The second-order valence-electron chi connectivity index (χ2n) is 5.01. The van der Waals surface area contributed by atoms with Crippen molar-refractivity contribution in [3.63, 3.8) is 0 Å². The Morgan fingerprint density at radius 2 is 1.95 bits per heavy atom. The molecule has 3 rings (SSSR count). The summed E-state index contributed by atoms with van der Waals surface area (Å²) in [4.78, 5) is 12.4. The normalized spacial score (nSPS) is 13.5. The fourth-order valence-corrected chi connectivity index (χ4v) is 2.37. The van der Waals surface area contributed by atoms with Crippen molar-refractivity contribution >= 4 is 5.91 Å². The summed E-state index contributed by atoms with van der Waals surface area (Å²) in [6.07, 6.45) is 0. The third kappa shape index (κ3) is 2.70. The maximum absolute atomic E-state index is 12.4. The van der Waals surface area contributed by atoms with Gasteiger partial charge in [0.15, 0.2) is 11.5 Å². The van der Waals surface area contributed by atoms with Gasteiger partial charge >= 0.3 is 0 Å². The lowest BCUT2D eigenvalue weighted by atomic mass is 10.1. The summed E-state index contributed by atoms with van der Waals surface area (Å²) in [6, 6.07) is 12.6. The van der Waals surface area contributed by atoms with Crippen molar-refractivity contribution in [1.82, 2.24) is 5.32 Å². The minimum Gasteiger partial charge on any atom is -0.496 e. The minimum atomic E-state index is -0.178. The maximum atomic E-state index is 12.4. The Morgan fingerprint density at radius 3 is 2.77 bits per heavy atom. The summed E-state index contributed by atoms with van der Waals surface area (Å²) >= 11 is 0. The van der Waals surface area contributed by atoms with E-state index in [2.05, 4.69) is 5.32 Å². The van der Waals surface area contributed by atoms with E-state index in [4.69, 9.17) is 14.2 Å². The summed E-state index contributed by atoms with van der Waals surface area (Å²) in [5.74, 6) is 1.81. The summed E-state index contributed by atoms with van der Waals surface area (Å²) in [6.45, 7) is 2.16. The Balaban J connectivity index is 1.76. The molecule has 0 saturated carbocycles. The van der Waals surface area contributed by atoms with E-state index in [0.717, 1.165) is 11.3 Å². The topological polar surface area (TPSA) is 56.8 Å². The van der Waals surface area contributed by atoms with Gasteiger partial charge in [-0.15, -0.1) is 0 Å². The number of hydrogen-bond donors (Lipinski definition) is 1. The molecule has 0 saturated heterocycles. The highest BCUT2D eigenvalue weighted by Gasteiger charge is 2.18. The molecule has 1 N–H and O–H groups in total. The average molecular weight is 299 g/mol. The van der Waals surface area contributed by atoms with E-state index in [0.29, 0.717) is 17.1 Å². The van der Waals surface area contributed by atoms with Crippen LogP contribution in [0.5, 0.6) is 17.2 Å². The lowest BCUT2D eigenvalue weighted by molar-refractivity contribution is 0.0936. The molecule has 1 amide bonds. The molecule has 1 aliphatic rings. The van der Waals surface area contributed by atoms with Crippen molar-refractivity contribution in [3.8, 4) is 17.2 Å². The predicted molar refractivity (Wildman–Crippen MR) is 81.4 cm³/mol. The Labute approximate surface area is 128 Å². The van der Waals surface area contributed by atoms with E-state index < -0.39 is 0 Å². The van der Waals surface area contributed by atoms with Crippen LogP contribution < -0.4 is 19.5 Å². The Hall–Kier alpha value is -2.69. The number of benzene rings is 2. The summed E-state index contributed by atoms with van der Waals surface area (Å²) < 4.78 is 15.9. The van der Waals surface area contributed by atoms with Gasteiger partial charge in [0.25, 0.3) is 5.91 Å². The van der Waals surface area contributed by atoms with Crippen molar-refractivity contribution in [1.29, 1.82) is 0 Å². The van der Waals surface area contributed by atoms with Gasteiger partial charge in [0.1, 0.15) is 5.75 Å². The molecular weight excluding hydrogens is 282 g/mol. The van der Waals surface area contributed by atoms with E-state index in [1.54, 1.807) is 19.2 Å². The van der Waals surface area contributed by atoms with E-state index >= 15 is 0 Å². The SMILES string of the molecule is COc1ccccc1C(=O)NC(C)c1ccc2c(c1)OCO2. The molecule has 0 spiro atoms. The minimum absolute atomic E-state index is 0.160. The largest absolute Gasteiger partial charge is 0.496 e. The van der Waals surface area contributed by atoms with Crippen LogP contribution in [0.4, 0.5) is 0 Å². The van der Waals surface area contributed by atoms with E-state index in [9.17, 15) is 4.79 Å². The molecule has 5 nitrogen and oxygen atoms in total. The van der Waals surface area contributed by atoms with E-state index in [1.165, 1.54) is 0 Å². The Morgan fingerprint density at radius 1 is 1.18 bits per heavy atom. The quantitative estimate of drug-likeness (QED) is 0.943. The molecule has 1 aliphatic heterocycles. The van der Waals surface area contributed by atoms with Crippen LogP contribution in [0.2, 0.25) is 0 Å². The van der Waals surface area contributed by atoms with Gasteiger partial charge in [0.2, 0.25) is 6.79 Å². The molecule has 114 valence electrons. The first-order valence-corrected chi connectivity index (χ1v) is 7.02. The second-order valence-corrected chi connectivity index (χ2v) is 5.01. The van der Waals surface area contributed by atoms with Gasteiger partial charge in [-0.1, -0.05) is 18.2 Å². The molecule has 0 aliphatic carbocycles. The van der Waals surface area contributed by atoms with Crippen LogP contribution in [0.25, 0.3) is 0 Å². The van der Waals surface area contributed by atoms with Gasteiger partial charge in [0.05, 0.1) is 18.7 Å². The third-order valence-electron chi connectivity index (χ3n) is 3.60. The molecule has 0 bridgehead atoms. The first-order valence-electron chi connectivity index (χ1n) is 7.02. The molecule has 2 aromatic carbocycles. The zero-order chi connectivity index (χ0) is 15.5. The van der Waals surface area contributed by atoms with Gasteiger partial charge in [-0.05, 0) is 36.8 Å². The second kappa shape index (κ2) is 5.97. The number of para-hydroxylation sites is 1. The zero-order valence-corrected chi connectivity index (χ0v) is 12.5. The number of amides is 1. The number of ether oxygens (including phenoxy) is 3. The number of fused-ring (bicyclic) bond motifs is 1. The fraction of sp³-hybridized carbons (Fsp3) is 0.235. The highest BCUT2D eigenvalue weighted by molar-refractivity contribution is 5.97. The van der Waals surface area contributed by atoms with Crippen molar-refractivity contribution in [3.05, 3.63) is 53.6 Å². The van der Waals surface area contributed by atoms with Crippen LogP contribution in [-0.2, 0) is 0 Å². The van der Waals surface area contributed by atoms with Gasteiger partial charge in [0, 0.05) is 0 Å². The number of hydrogen-bond acceptors (Lipinski definition) is 4. The van der Waals surface area contributed by atoms with Gasteiger partial charge in [-0.2, -0.15) is 0 Å². The molecule has 1 unspecified atom stereocenters. The standard InChI is InChI=1S/C17H17NO4/c1-11(12-7-8-15-16(9-12)22-10-21-15)18-17(19)13-5-3-4-6-14(13)20-2/h3-9,11H,10H2,1-2H3,(H,18,19). The average Bonchev–Trinajstić information content (AvgIpc) is 3.02. The lowest BCUT2D eigenvalue weighted by Crippen LogP contribution is -2.27. The van der Waals surface area contributed by atoms with Crippen molar-refractivity contribution < 1.29 is 19.0 Å². The van der Waals surface area contributed by atoms with Crippen LogP contribution in [0.15, 0.2) is 42.5 Å². The Kier molecular flexibility index (Phi) is 3.87. The molecule has 0 aromatic heterocycles. The highest BCUT2D eigenvalue weighted by atomic mass is 16.7. The molecule has 1 atom stereocenters. The smallest absolute Gasteiger partial charge is 0.255 e. The highest BCUT2D eigenvalue weighted by Crippen LogP contribution is 2.34. The number of methoxy groups -OCH3 is 1. The maximum Gasteiger partial charge on any atom is 0.255 e. The molecule has 5 heteroatoms. The number of rotatable bonds is 4. The van der Waals surface area contributed by atoms with E-state index in [1.807, 2.05) is 37.3 Å². The van der Waals surface area contributed by atoms with E-state index in [-0.39, 0.29) is 18.7 Å². The molecule has 0 fully saturated rings. The molecular formula is C17H17NO4. The zero-order valence-electron chi connectivity index (χ0n) is 12.5. The first kappa shape index (κ1) is 14.3. The van der Waals surface area contributed by atoms with Crippen LogP contribution in [0, 0.1) is 0 Å². The fourth-order valence-electron chi connectivity index (χ4n) is 2.37. The number of carbonyl (C=O) groups is 1. The first-order chi connectivity index (χ1) is 10.7. The number of carbonyl (C=O) groups excluding carboxylic acids is 1. The van der Waals surface area contributed by atoms with Crippen molar-refractivity contribution in [2.45, 2.75) is 13.0 Å². The van der Waals surface area contributed by atoms with Crippen LogP contribution >= 0.6 is 0 Å². The van der Waals surface area contributed by atoms with Crippen LogP contribution in [-0.4, -0.2) is 19.8 Å². The van der Waals surface area contributed by atoms with Crippen molar-refractivity contribution in [2.24, 2.45) is 0 Å². The summed E-state index contributed by atoms with van der Waals surface area (Å²) in [5, 5.41) is 2.96. The molecule has 22 heavy (non-hydrogen) atoms. The Bertz CT molecular complexity index is 699. The monoisotopic (exact) mass is 299 g/mol. The molecule has 2 aromatic rings.